The van der Waals surface area contributed by atoms with E-state index in [1.54, 1.807) is 24.3 Å². The molecule has 0 fully saturated rings. The summed E-state index contributed by atoms with van der Waals surface area (Å²) in [5.41, 5.74) is 1.27. The van der Waals surface area contributed by atoms with Crippen LogP contribution >= 0.6 is 0 Å². The monoisotopic (exact) mass is 297 g/mol. The molecule has 0 unspecified atom stereocenters. The quantitative estimate of drug-likeness (QED) is 0.750. The largest absolute Gasteiger partial charge is 0.352 e. The van der Waals surface area contributed by atoms with Crippen molar-refractivity contribution in [2.45, 2.75) is 38.4 Å². The second-order valence-corrected chi connectivity index (χ2v) is 7.22. The average molecular weight is 297 g/mol. The highest BCUT2D eigenvalue weighted by molar-refractivity contribution is 7.89. The van der Waals surface area contributed by atoms with Crippen LogP contribution in [0.2, 0.25) is 0 Å². The molecule has 20 heavy (non-hydrogen) atoms. The van der Waals surface area contributed by atoms with Gasteiger partial charge in [0, 0.05) is 18.4 Å². The number of sulfone groups is 1. The molecule has 1 amide bonds. The third-order valence-electron chi connectivity index (χ3n) is 2.96. The average Bonchev–Trinajstić information content (AvgIpc) is 2.37. The van der Waals surface area contributed by atoms with Crippen molar-refractivity contribution in [3.05, 3.63) is 35.4 Å². The number of hydrogen-bond acceptors (Lipinski definition) is 3. The Labute approximate surface area is 121 Å². The van der Waals surface area contributed by atoms with E-state index in [-0.39, 0.29) is 11.7 Å². The summed E-state index contributed by atoms with van der Waals surface area (Å²) in [5, 5.41) is 2.87. The summed E-state index contributed by atoms with van der Waals surface area (Å²) in [6.45, 7) is 2.83. The maximum Gasteiger partial charge on any atom is 0.251 e. The first-order valence-corrected chi connectivity index (χ1v) is 9.03. The number of carbonyl (C=O) groups is 1. The zero-order chi connectivity index (χ0) is 15.0. The van der Waals surface area contributed by atoms with Crippen LogP contribution in [0.5, 0.6) is 0 Å². The molecule has 0 radical (unpaired) electrons. The lowest BCUT2D eigenvalue weighted by Crippen LogP contribution is -2.24. The van der Waals surface area contributed by atoms with Crippen molar-refractivity contribution >= 4 is 15.7 Å². The Morgan fingerprint density at radius 2 is 1.75 bits per heavy atom. The van der Waals surface area contributed by atoms with Crippen molar-refractivity contribution in [3.63, 3.8) is 0 Å². The van der Waals surface area contributed by atoms with Crippen LogP contribution in [0.25, 0.3) is 0 Å². The fraction of sp³-hybridized carbons (Fsp3) is 0.533. The van der Waals surface area contributed by atoms with Crippen LogP contribution in [0.3, 0.4) is 0 Å². The van der Waals surface area contributed by atoms with E-state index in [1.807, 2.05) is 0 Å². The zero-order valence-electron chi connectivity index (χ0n) is 12.2. The van der Waals surface area contributed by atoms with Crippen LogP contribution in [0.4, 0.5) is 0 Å². The van der Waals surface area contributed by atoms with Crippen molar-refractivity contribution in [1.29, 1.82) is 0 Å². The van der Waals surface area contributed by atoms with E-state index in [0.29, 0.717) is 17.7 Å². The fourth-order valence-electron chi connectivity index (χ4n) is 1.91. The van der Waals surface area contributed by atoms with Gasteiger partial charge in [-0.1, -0.05) is 38.3 Å². The zero-order valence-corrected chi connectivity index (χ0v) is 13.0. The molecule has 5 heteroatoms. The maximum atomic E-state index is 11.8. The van der Waals surface area contributed by atoms with Gasteiger partial charge in [-0.05, 0) is 24.1 Å². The second-order valence-electron chi connectivity index (χ2n) is 5.08. The molecule has 1 N–H and O–H groups in total. The lowest BCUT2D eigenvalue weighted by Gasteiger charge is -2.06. The van der Waals surface area contributed by atoms with Crippen LogP contribution in [-0.2, 0) is 15.6 Å². The third kappa shape index (κ3) is 6.70. The third-order valence-corrected chi connectivity index (χ3v) is 3.82. The predicted octanol–water partition coefficient (Wildman–Crippen LogP) is 2.54. The number of nitrogens with one attached hydrogen (secondary N) is 1. The van der Waals surface area contributed by atoms with Gasteiger partial charge >= 0.3 is 0 Å². The summed E-state index contributed by atoms with van der Waals surface area (Å²) >= 11 is 0. The van der Waals surface area contributed by atoms with Gasteiger partial charge in [-0.25, -0.2) is 8.42 Å². The molecular formula is C15H23NO3S. The number of benzene rings is 1. The van der Waals surface area contributed by atoms with E-state index in [1.165, 1.54) is 19.1 Å². The molecule has 0 aliphatic heterocycles. The Morgan fingerprint density at radius 3 is 2.30 bits per heavy atom. The van der Waals surface area contributed by atoms with Crippen molar-refractivity contribution in [2.75, 3.05) is 12.8 Å². The molecule has 0 bridgehead atoms. The van der Waals surface area contributed by atoms with Gasteiger partial charge in [0.25, 0.3) is 5.91 Å². The van der Waals surface area contributed by atoms with Crippen molar-refractivity contribution < 1.29 is 13.2 Å². The van der Waals surface area contributed by atoms with Crippen LogP contribution < -0.4 is 5.32 Å². The van der Waals surface area contributed by atoms with Crippen LogP contribution in [0.1, 0.15) is 48.5 Å². The highest BCUT2D eigenvalue weighted by atomic mass is 32.2. The van der Waals surface area contributed by atoms with Crippen molar-refractivity contribution in [1.82, 2.24) is 5.32 Å². The number of unbranched alkanes of at least 4 members (excludes halogenated alkanes) is 3. The molecule has 112 valence electrons. The fourth-order valence-corrected chi connectivity index (χ4v) is 2.71. The Balaban J connectivity index is 2.45. The number of amides is 1. The van der Waals surface area contributed by atoms with Crippen LogP contribution in [0.15, 0.2) is 24.3 Å². The molecule has 1 aromatic carbocycles. The molecule has 0 aromatic heterocycles. The van der Waals surface area contributed by atoms with Crippen LogP contribution in [0, 0.1) is 0 Å². The van der Waals surface area contributed by atoms with E-state index in [0.717, 1.165) is 12.8 Å². The summed E-state index contributed by atoms with van der Waals surface area (Å²) in [4.78, 5) is 11.8. The first-order valence-electron chi connectivity index (χ1n) is 6.97. The molecule has 4 nitrogen and oxygen atoms in total. The molecule has 0 saturated heterocycles. The maximum absolute atomic E-state index is 11.8. The summed E-state index contributed by atoms with van der Waals surface area (Å²) < 4.78 is 22.3. The smallest absolute Gasteiger partial charge is 0.251 e. The molecule has 0 heterocycles. The molecule has 0 aliphatic carbocycles. The van der Waals surface area contributed by atoms with E-state index < -0.39 is 9.84 Å². The minimum atomic E-state index is -3.03. The summed E-state index contributed by atoms with van der Waals surface area (Å²) in [6.07, 6.45) is 5.69. The summed E-state index contributed by atoms with van der Waals surface area (Å²) in [5.74, 6) is -0.0984. The highest BCUT2D eigenvalue weighted by Crippen LogP contribution is 2.08. The van der Waals surface area contributed by atoms with E-state index >= 15 is 0 Å². The van der Waals surface area contributed by atoms with E-state index in [9.17, 15) is 13.2 Å². The SMILES string of the molecule is CCCCCCNC(=O)c1ccc(CS(C)(=O)=O)cc1. The predicted molar refractivity (Wildman–Crippen MR) is 81.5 cm³/mol. The first-order chi connectivity index (χ1) is 9.42. The summed E-state index contributed by atoms with van der Waals surface area (Å²) in [7, 11) is -3.03. The lowest BCUT2D eigenvalue weighted by atomic mass is 10.1. The number of carbonyl (C=O) groups excluding carboxylic acids is 1. The van der Waals surface area contributed by atoms with Gasteiger partial charge < -0.3 is 5.32 Å². The first kappa shape index (κ1) is 16.7. The molecular weight excluding hydrogens is 274 g/mol. The van der Waals surface area contributed by atoms with Gasteiger partial charge in [0.05, 0.1) is 5.75 Å². The molecule has 0 atom stereocenters. The van der Waals surface area contributed by atoms with Crippen molar-refractivity contribution in [3.8, 4) is 0 Å². The minimum absolute atomic E-state index is 0.00587. The van der Waals surface area contributed by atoms with Crippen LogP contribution in [-0.4, -0.2) is 27.1 Å². The minimum Gasteiger partial charge on any atom is -0.352 e. The van der Waals surface area contributed by atoms with Gasteiger partial charge in [-0.2, -0.15) is 0 Å². The van der Waals surface area contributed by atoms with Gasteiger partial charge in [0.2, 0.25) is 0 Å². The Bertz CT molecular complexity index is 521. The molecule has 1 rings (SSSR count). The number of rotatable bonds is 8. The normalized spacial score (nSPS) is 11.3. The molecule has 0 spiro atoms. The number of hydrogen-bond donors (Lipinski definition) is 1. The van der Waals surface area contributed by atoms with Gasteiger partial charge in [-0.3, -0.25) is 4.79 Å². The molecule has 0 aliphatic rings. The topological polar surface area (TPSA) is 63.2 Å². The molecule has 1 aromatic rings. The highest BCUT2D eigenvalue weighted by Gasteiger charge is 2.07. The summed E-state index contributed by atoms with van der Waals surface area (Å²) in [6, 6.07) is 6.71. The van der Waals surface area contributed by atoms with Crippen molar-refractivity contribution in [2.24, 2.45) is 0 Å². The Hall–Kier alpha value is -1.36. The second kappa shape index (κ2) is 8.04. The molecule has 0 saturated carbocycles. The Morgan fingerprint density at radius 1 is 1.10 bits per heavy atom. The van der Waals surface area contributed by atoms with E-state index in [2.05, 4.69) is 12.2 Å². The van der Waals surface area contributed by atoms with Gasteiger partial charge in [-0.15, -0.1) is 0 Å². The van der Waals surface area contributed by atoms with E-state index in [4.69, 9.17) is 0 Å². The van der Waals surface area contributed by atoms with Gasteiger partial charge in [0.15, 0.2) is 9.84 Å². The van der Waals surface area contributed by atoms with Gasteiger partial charge in [0.1, 0.15) is 0 Å². The standard InChI is InChI=1S/C15H23NO3S/c1-3-4-5-6-11-16-15(17)14-9-7-13(8-10-14)12-20(2,18)19/h7-10H,3-6,11-12H2,1-2H3,(H,16,17). The Kier molecular flexibility index (Phi) is 6.71. The lowest BCUT2D eigenvalue weighted by molar-refractivity contribution is 0.0953.